The molecule has 0 bridgehead atoms. The van der Waals surface area contributed by atoms with E-state index in [1.165, 1.54) is 18.2 Å². The van der Waals surface area contributed by atoms with Crippen molar-refractivity contribution in [2.45, 2.75) is 65.5 Å². The Morgan fingerprint density at radius 2 is 1.66 bits per heavy atom. The highest BCUT2D eigenvalue weighted by Crippen LogP contribution is 2.42. The van der Waals surface area contributed by atoms with Crippen LogP contribution in [0.15, 0.2) is 36.4 Å². The number of carboxylic acids is 1. The molecule has 0 spiro atoms. The highest BCUT2D eigenvalue weighted by molar-refractivity contribution is 5.99. The first-order valence-electron chi connectivity index (χ1n) is 15.4. The predicted octanol–water partition coefficient (Wildman–Crippen LogP) is 6.14. The van der Waals surface area contributed by atoms with Gasteiger partial charge in [0.05, 0.1) is 41.3 Å². The predicted molar refractivity (Wildman–Crippen MR) is 162 cm³/mol. The largest absolute Gasteiger partial charge is 0.493 e. The first-order chi connectivity index (χ1) is 21.2. The Morgan fingerprint density at radius 3 is 2.25 bits per heavy atom. The molecule has 1 fully saturated rings. The molecule has 0 aliphatic carbocycles. The maximum atomic E-state index is 14.8. The molecule has 0 radical (unpaired) electrons. The molecular formula is C34H39F2N3O5. The van der Waals surface area contributed by atoms with Crippen LogP contribution in [0.1, 0.15) is 77.7 Å². The first-order valence-corrected chi connectivity index (χ1v) is 15.4. The smallest absolute Gasteiger partial charge is 0.337 e. The molecule has 0 saturated carbocycles. The van der Waals surface area contributed by atoms with Gasteiger partial charge in [0.15, 0.2) is 0 Å². The van der Waals surface area contributed by atoms with Crippen molar-refractivity contribution in [2.75, 3.05) is 32.8 Å². The molecular weight excluding hydrogens is 568 g/mol. The molecule has 44 heavy (non-hydrogen) atoms. The Bertz CT molecular complexity index is 1510. The van der Waals surface area contributed by atoms with Crippen molar-refractivity contribution in [3.05, 3.63) is 76.1 Å². The van der Waals surface area contributed by atoms with Gasteiger partial charge in [-0.2, -0.15) is 0 Å². The van der Waals surface area contributed by atoms with Crippen LogP contribution < -0.4 is 9.47 Å². The van der Waals surface area contributed by atoms with Gasteiger partial charge in [0.25, 0.3) is 5.91 Å². The molecule has 2 aliphatic rings. The SMILES string of the molecule is CCCc1nc2c(cc1C(=O)O)C(=O)N(C1CCN(Cc3cc(OCC)c(-c4ccc(F)cc4F)c(OCC)c3)CC1)CC2. The average Bonchev–Trinajstić information content (AvgIpc) is 2.99. The Labute approximate surface area is 256 Å². The number of amides is 1. The zero-order valence-electron chi connectivity index (χ0n) is 25.5. The maximum absolute atomic E-state index is 14.8. The summed E-state index contributed by atoms with van der Waals surface area (Å²) in [5.74, 6) is -1.59. The van der Waals surface area contributed by atoms with Crippen LogP contribution in [0, 0.1) is 11.6 Å². The van der Waals surface area contributed by atoms with E-state index in [1.54, 1.807) is 0 Å². The van der Waals surface area contributed by atoms with Gasteiger partial charge in [-0.15, -0.1) is 0 Å². The number of fused-ring (bicyclic) bond motifs is 1. The van der Waals surface area contributed by atoms with E-state index in [0.29, 0.717) is 73.2 Å². The van der Waals surface area contributed by atoms with Crippen LogP contribution in [0.2, 0.25) is 0 Å². The van der Waals surface area contributed by atoms with E-state index >= 15 is 0 Å². The van der Waals surface area contributed by atoms with Crippen molar-refractivity contribution < 1.29 is 33.0 Å². The van der Waals surface area contributed by atoms with Crippen molar-refractivity contribution in [1.29, 1.82) is 0 Å². The fourth-order valence-electron chi connectivity index (χ4n) is 6.29. The van der Waals surface area contributed by atoms with Crippen molar-refractivity contribution >= 4 is 11.9 Å². The number of hydrogen-bond acceptors (Lipinski definition) is 6. The standard InChI is InChI=1S/C34H39F2N3O5/c1-4-7-28-26(34(41)42)19-25-29(37-28)12-15-39(33(25)40)23-10-13-38(14-11-23)20-21-16-30(43-5-2)32(31(17-21)44-6-3)24-9-8-22(35)18-27(24)36/h8-9,16-19,23H,4-7,10-15,20H2,1-3H3,(H,41,42). The Hall–Kier alpha value is -4.05. The zero-order chi connectivity index (χ0) is 31.4. The van der Waals surface area contributed by atoms with Gasteiger partial charge in [-0.25, -0.2) is 13.6 Å². The number of halogens is 2. The molecule has 5 rings (SSSR count). The second-order valence-corrected chi connectivity index (χ2v) is 11.2. The van der Waals surface area contributed by atoms with Gasteiger partial charge < -0.3 is 19.5 Å². The first kappa shape index (κ1) is 31.4. The fraction of sp³-hybridized carbons (Fsp3) is 0.441. The van der Waals surface area contributed by atoms with E-state index < -0.39 is 17.6 Å². The number of carbonyl (C=O) groups excluding carboxylic acids is 1. The molecule has 0 unspecified atom stereocenters. The summed E-state index contributed by atoms with van der Waals surface area (Å²) in [7, 11) is 0. The van der Waals surface area contributed by atoms with Gasteiger partial charge in [0.1, 0.15) is 23.1 Å². The number of carbonyl (C=O) groups is 2. The van der Waals surface area contributed by atoms with Crippen LogP contribution in [-0.2, 0) is 19.4 Å². The number of ether oxygens (including phenoxy) is 2. The Morgan fingerprint density at radius 1 is 0.977 bits per heavy atom. The topological polar surface area (TPSA) is 92.2 Å². The van der Waals surface area contributed by atoms with Crippen molar-refractivity contribution in [3.8, 4) is 22.6 Å². The molecule has 10 heteroatoms. The van der Waals surface area contributed by atoms with Crippen LogP contribution in [0.25, 0.3) is 11.1 Å². The van der Waals surface area contributed by atoms with Crippen LogP contribution in [0.5, 0.6) is 11.5 Å². The monoisotopic (exact) mass is 607 g/mol. The van der Waals surface area contributed by atoms with Crippen molar-refractivity contribution in [3.63, 3.8) is 0 Å². The maximum Gasteiger partial charge on any atom is 0.337 e. The minimum Gasteiger partial charge on any atom is -0.493 e. The molecule has 0 atom stereocenters. The molecule has 8 nitrogen and oxygen atoms in total. The van der Waals surface area contributed by atoms with E-state index in [0.717, 1.165) is 44.0 Å². The lowest BCUT2D eigenvalue weighted by Crippen LogP contribution is -2.50. The molecule has 1 amide bonds. The van der Waals surface area contributed by atoms with Gasteiger partial charge in [-0.05, 0) is 69.0 Å². The molecule has 3 heterocycles. The summed E-state index contributed by atoms with van der Waals surface area (Å²) in [6.45, 7) is 9.12. The van der Waals surface area contributed by atoms with Crippen molar-refractivity contribution in [1.82, 2.24) is 14.8 Å². The summed E-state index contributed by atoms with van der Waals surface area (Å²) in [6.07, 6.45) is 3.52. The third-order valence-electron chi connectivity index (χ3n) is 8.31. The third-order valence-corrected chi connectivity index (χ3v) is 8.31. The number of pyridine rings is 1. The lowest BCUT2D eigenvalue weighted by molar-refractivity contribution is 0.0543. The summed E-state index contributed by atoms with van der Waals surface area (Å²) in [6, 6.07) is 8.83. The Kier molecular flexibility index (Phi) is 9.78. The van der Waals surface area contributed by atoms with Crippen LogP contribution >= 0.6 is 0 Å². The molecule has 2 aromatic carbocycles. The van der Waals surface area contributed by atoms with Gasteiger partial charge in [0, 0.05) is 50.3 Å². The lowest BCUT2D eigenvalue weighted by atomic mass is 9.95. The number of aromatic nitrogens is 1. The van der Waals surface area contributed by atoms with Gasteiger partial charge in [0.2, 0.25) is 0 Å². The number of piperidine rings is 1. The molecule has 3 aromatic rings. The lowest BCUT2D eigenvalue weighted by Gasteiger charge is -2.40. The number of aromatic carboxylic acids is 1. The molecule has 1 aromatic heterocycles. The van der Waals surface area contributed by atoms with E-state index in [1.807, 2.05) is 37.8 Å². The van der Waals surface area contributed by atoms with E-state index in [-0.39, 0.29) is 23.1 Å². The summed E-state index contributed by atoms with van der Waals surface area (Å²) in [5, 5.41) is 9.72. The Balaban J connectivity index is 1.31. The number of benzene rings is 2. The highest BCUT2D eigenvalue weighted by Gasteiger charge is 2.34. The quantitative estimate of drug-likeness (QED) is 0.280. The molecule has 1 N–H and O–H groups in total. The van der Waals surface area contributed by atoms with E-state index in [2.05, 4.69) is 9.88 Å². The van der Waals surface area contributed by atoms with Crippen LogP contribution in [-0.4, -0.2) is 70.7 Å². The number of rotatable bonds is 11. The summed E-state index contributed by atoms with van der Waals surface area (Å²) >= 11 is 0. The van der Waals surface area contributed by atoms with Crippen molar-refractivity contribution in [2.24, 2.45) is 0 Å². The number of hydrogen-bond donors (Lipinski definition) is 1. The van der Waals surface area contributed by atoms with Gasteiger partial charge >= 0.3 is 5.97 Å². The highest BCUT2D eigenvalue weighted by atomic mass is 19.1. The third kappa shape index (κ3) is 6.55. The number of carboxylic acid groups (broad SMARTS) is 1. The zero-order valence-corrected chi connectivity index (χ0v) is 25.5. The number of aryl methyl sites for hydroxylation is 1. The summed E-state index contributed by atoms with van der Waals surface area (Å²) in [5.41, 5.74) is 3.37. The van der Waals surface area contributed by atoms with Crippen LogP contribution in [0.4, 0.5) is 8.78 Å². The molecule has 2 aliphatic heterocycles. The molecule has 1 saturated heterocycles. The van der Waals surface area contributed by atoms with E-state index in [9.17, 15) is 23.5 Å². The van der Waals surface area contributed by atoms with E-state index in [4.69, 9.17) is 9.47 Å². The second kappa shape index (κ2) is 13.7. The minimum atomic E-state index is -1.06. The fourth-order valence-corrected chi connectivity index (χ4v) is 6.29. The van der Waals surface area contributed by atoms with Gasteiger partial charge in [-0.1, -0.05) is 13.3 Å². The molecule has 234 valence electrons. The number of likely N-dealkylation sites (tertiary alicyclic amines) is 1. The normalized spacial score (nSPS) is 15.8. The summed E-state index contributed by atoms with van der Waals surface area (Å²) < 4.78 is 40.3. The average molecular weight is 608 g/mol. The second-order valence-electron chi connectivity index (χ2n) is 11.2. The van der Waals surface area contributed by atoms with Crippen LogP contribution in [0.3, 0.4) is 0 Å². The summed E-state index contributed by atoms with van der Waals surface area (Å²) in [4.78, 5) is 34.2. The van der Waals surface area contributed by atoms with Gasteiger partial charge in [-0.3, -0.25) is 14.7 Å². The minimum absolute atomic E-state index is 0.0531. The number of nitrogens with zero attached hydrogens (tertiary/aromatic N) is 3.